The second-order valence-corrected chi connectivity index (χ2v) is 11.6. The Morgan fingerprint density at radius 1 is 0.455 bits per heavy atom. The predicted octanol–water partition coefficient (Wildman–Crippen LogP) is 10.9. The van der Waals surface area contributed by atoms with Crippen LogP contribution < -0.4 is 9.80 Å². The van der Waals surface area contributed by atoms with Crippen molar-refractivity contribution >= 4 is 34.4 Å². The van der Waals surface area contributed by atoms with Gasteiger partial charge in [0.25, 0.3) is 0 Å². The maximum absolute atomic E-state index is 5.02. The molecule has 44 heavy (non-hydrogen) atoms. The summed E-state index contributed by atoms with van der Waals surface area (Å²) in [5, 5.41) is 0. The molecule has 6 aromatic rings. The maximum atomic E-state index is 5.02. The largest absolute Gasteiger partial charge is 0.309 e. The summed E-state index contributed by atoms with van der Waals surface area (Å²) in [6.07, 6.45) is 1.84. The van der Waals surface area contributed by atoms with Gasteiger partial charge in [0.05, 0.1) is 17.1 Å². The van der Waals surface area contributed by atoms with E-state index in [1.807, 2.05) is 48.7 Å². The molecule has 0 saturated heterocycles. The van der Waals surface area contributed by atoms with Gasteiger partial charge in [0.2, 0.25) is 5.95 Å². The van der Waals surface area contributed by atoms with E-state index >= 15 is 0 Å². The van der Waals surface area contributed by atoms with Gasteiger partial charge in [-0.2, -0.15) is 0 Å². The van der Waals surface area contributed by atoms with Gasteiger partial charge in [-0.3, -0.25) is 4.90 Å². The highest BCUT2D eigenvalue weighted by molar-refractivity contribution is 5.85. The topological polar surface area (TPSA) is 32.3 Å². The molecular formula is C40H38N4. The first-order chi connectivity index (χ1) is 21.3. The van der Waals surface area contributed by atoms with Gasteiger partial charge in [0, 0.05) is 28.8 Å². The predicted molar refractivity (Wildman–Crippen MR) is 185 cm³/mol. The van der Waals surface area contributed by atoms with E-state index in [1.165, 1.54) is 44.8 Å². The van der Waals surface area contributed by atoms with E-state index in [0.29, 0.717) is 5.95 Å². The molecule has 0 aliphatic heterocycles. The summed E-state index contributed by atoms with van der Waals surface area (Å²) in [7, 11) is 0. The molecule has 0 N–H and O–H groups in total. The van der Waals surface area contributed by atoms with E-state index in [-0.39, 0.29) is 0 Å². The molecule has 0 atom stereocenters. The van der Waals surface area contributed by atoms with Crippen LogP contribution in [-0.4, -0.2) is 9.97 Å². The third kappa shape index (κ3) is 5.71. The van der Waals surface area contributed by atoms with Crippen molar-refractivity contribution < 1.29 is 0 Å². The quantitative estimate of drug-likeness (QED) is 0.190. The SMILES string of the molecule is Cc1cc(C)c(N(c2ccc(N(c3ccccc3)c3nccc(-c4ccccc4)n3)cc2)c2c(C)cc(C)cc2C)c(C)c1. The second-order valence-electron chi connectivity index (χ2n) is 11.6. The number of hydrogen-bond donors (Lipinski definition) is 0. The van der Waals surface area contributed by atoms with E-state index < -0.39 is 0 Å². The summed E-state index contributed by atoms with van der Waals surface area (Å²) in [6, 6.07) is 40.4. The van der Waals surface area contributed by atoms with Crippen molar-refractivity contribution in [2.75, 3.05) is 9.80 Å². The fourth-order valence-electron chi connectivity index (χ4n) is 6.35. The Kier molecular flexibility index (Phi) is 7.99. The average Bonchev–Trinajstić information content (AvgIpc) is 3.01. The Labute approximate surface area is 261 Å². The molecular weight excluding hydrogens is 536 g/mol. The molecule has 0 aliphatic rings. The number of benzene rings is 5. The molecule has 218 valence electrons. The number of nitrogens with zero attached hydrogens (tertiary/aromatic N) is 4. The van der Waals surface area contributed by atoms with Crippen LogP contribution in [0.25, 0.3) is 11.3 Å². The van der Waals surface area contributed by atoms with Crippen LogP contribution in [0.2, 0.25) is 0 Å². The number of para-hydroxylation sites is 1. The molecule has 0 fully saturated rings. The minimum atomic E-state index is 0.623. The smallest absolute Gasteiger partial charge is 0.235 e. The van der Waals surface area contributed by atoms with Gasteiger partial charge < -0.3 is 4.90 Å². The summed E-state index contributed by atoms with van der Waals surface area (Å²) < 4.78 is 0. The molecule has 0 spiro atoms. The summed E-state index contributed by atoms with van der Waals surface area (Å²) in [5.74, 6) is 0.623. The molecule has 6 rings (SSSR count). The van der Waals surface area contributed by atoms with Crippen molar-refractivity contribution in [2.24, 2.45) is 0 Å². The Hall–Kier alpha value is -5.22. The fraction of sp³-hybridized carbons (Fsp3) is 0.150. The van der Waals surface area contributed by atoms with Gasteiger partial charge in [0.15, 0.2) is 0 Å². The second kappa shape index (κ2) is 12.2. The molecule has 0 aliphatic carbocycles. The van der Waals surface area contributed by atoms with Crippen molar-refractivity contribution in [1.82, 2.24) is 9.97 Å². The molecule has 0 bridgehead atoms. The number of aryl methyl sites for hydroxylation is 6. The summed E-state index contributed by atoms with van der Waals surface area (Å²) in [5.41, 5.74) is 15.0. The van der Waals surface area contributed by atoms with E-state index in [1.54, 1.807) is 0 Å². The highest BCUT2D eigenvalue weighted by Crippen LogP contribution is 2.43. The molecule has 0 unspecified atom stereocenters. The van der Waals surface area contributed by atoms with Crippen LogP contribution >= 0.6 is 0 Å². The van der Waals surface area contributed by atoms with Gasteiger partial charge in [-0.05, 0) is 106 Å². The highest BCUT2D eigenvalue weighted by Gasteiger charge is 2.22. The average molecular weight is 575 g/mol. The molecule has 5 aromatic carbocycles. The van der Waals surface area contributed by atoms with E-state index in [0.717, 1.165) is 28.3 Å². The van der Waals surface area contributed by atoms with Gasteiger partial charge in [0.1, 0.15) is 0 Å². The normalized spacial score (nSPS) is 11.0. The molecule has 0 radical (unpaired) electrons. The number of aromatic nitrogens is 2. The highest BCUT2D eigenvalue weighted by atomic mass is 15.3. The molecule has 4 heteroatoms. The lowest BCUT2D eigenvalue weighted by atomic mass is 9.98. The Bertz CT molecular complexity index is 1810. The zero-order chi connectivity index (χ0) is 30.8. The minimum absolute atomic E-state index is 0.623. The number of hydrogen-bond acceptors (Lipinski definition) is 4. The monoisotopic (exact) mass is 574 g/mol. The standard InChI is InChI=1S/C40H38N4/c1-27-23-29(3)38(30(4)24-27)44(39-31(5)25-28(2)26-32(39)6)36-19-17-35(18-20-36)43(34-15-11-8-12-16-34)40-41-22-21-37(42-40)33-13-9-7-10-14-33/h7-26H,1-6H3. The van der Waals surface area contributed by atoms with Crippen LogP contribution in [0.1, 0.15) is 33.4 Å². The summed E-state index contributed by atoms with van der Waals surface area (Å²) in [6.45, 7) is 13.2. The first kappa shape index (κ1) is 28.9. The molecule has 0 amide bonds. The third-order valence-electron chi connectivity index (χ3n) is 8.01. The first-order valence-electron chi connectivity index (χ1n) is 15.1. The van der Waals surface area contributed by atoms with Gasteiger partial charge >= 0.3 is 0 Å². The van der Waals surface area contributed by atoms with Crippen molar-refractivity contribution in [2.45, 2.75) is 41.5 Å². The Morgan fingerprint density at radius 3 is 1.39 bits per heavy atom. The van der Waals surface area contributed by atoms with Crippen LogP contribution in [0.5, 0.6) is 0 Å². The van der Waals surface area contributed by atoms with Crippen LogP contribution in [-0.2, 0) is 0 Å². The Morgan fingerprint density at radius 2 is 0.886 bits per heavy atom. The lowest BCUT2D eigenvalue weighted by Gasteiger charge is -2.32. The van der Waals surface area contributed by atoms with E-state index in [2.05, 4.69) is 124 Å². The van der Waals surface area contributed by atoms with Crippen molar-refractivity contribution in [3.63, 3.8) is 0 Å². The van der Waals surface area contributed by atoms with Crippen LogP contribution in [0.3, 0.4) is 0 Å². The maximum Gasteiger partial charge on any atom is 0.235 e. The summed E-state index contributed by atoms with van der Waals surface area (Å²) in [4.78, 5) is 14.3. The van der Waals surface area contributed by atoms with Crippen molar-refractivity contribution in [3.05, 3.63) is 155 Å². The number of rotatable bonds is 7. The van der Waals surface area contributed by atoms with E-state index in [9.17, 15) is 0 Å². The van der Waals surface area contributed by atoms with E-state index in [4.69, 9.17) is 9.97 Å². The lowest BCUT2D eigenvalue weighted by molar-refractivity contribution is 1.08. The van der Waals surface area contributed by atoms with Gasteiger partial charge in [-0.25, -0.2) is 9.97 Å². The zero-order valence-electron chi connectivity index (χ0n) is 26.3. The van der Waals surface area contributed by atoms with Gasteiger partial charge in [-0.1, -0.05) is 83.9 Å². The Balaban J connectivity index is 1.49. The molecule has 1 heterocycles. The minimum Gasteiger partial charge on any atom is -0.309 e. The lowest BCUT2D eigenvalue weighted by Crippen LogP contribution is -2.17. The number of anilines is 6. The van der Waals surface area contributed by atoms with Crippen molar-refractivity contribution in [1.29, 1.82) is 0 Å². The van der Waals surface area contributed by atoms with Crippen LogP contribution in [0, 0.1) is 41.5 Å². The van der Waals surface area contributed by atoms with Gasteiger partial charge in [-0.15, -0.1) is 0 Å². The van der Waals surface area contributed by atoms with Crippen LogP contribution in [0.15, 0.2) is 121 Å². The molecule has 0 saturated carbocycles. The fourth-order valence-corrected chi connectivity index (χ4v) is 6.35. The zero-order valence-corrected chi connectivity index (χ0v) is 26.3. The first-order valence-corrected chi connectivity index (χ1v) is 15.1. The third-order valence-corrected chi connectivity index (χ3v) is 8.01. The molecule has 4 nitrogen and oxygen atoms in total. The van der Waals surface area contributed by atoms with Crippen molar-refractivity contribution in [3.8, 4) is 11.3 Å². The summed E-state index contributed by atoms with van der Waals surface area (Å²) >= 11 is 0. The molecule has 1 aromatic heterocycles. The van der Waals surface area contributed by atoms with Crippen LogP contribution in [0.4, 0.5) is 34.4 Å².